The van der Waals surface area contributed by atoms with Crippen molar-refractivity contribution in [2.75, 3.05) is 0 Å². The maximum atomic E-state index is 6.28. The maximum absolute atomic E-state index is 6.28. The topological polar surface area (TPSA) is 104 Å². The largest absolute Gasteiger partial charge is 0.456 e. The Kier molecular flexibility index (Phi) is 18.2. The molecule has 0 aliphatic heterocycles. The number of nitrogens with zero attached hydrogens (tertiary/aromatic N) is 4. The lowest BCUT2D eigenvalue weighted by Gasteiger charge is -2.07. The van der Waals surface area contributed by atoms with Gasteiger partial charge >= 0.3 is 0 Å². The summed E-state index contributed by atoms with van der Waals surface area (Å²) in [6.45, 7) is 0. The van der Waals surface area contributed by atoms with Crippen LogP contribution in [0.3, 0.4) is 0 Å². The number of hydrogen-bond donors (Lipinski definition) is 0. The highest BCUT2D eigenvalue weighted by atomic mass is 32.1. The fourth-order valence-electron chi connectivity index (χ4n) is 18.6. The van der Waals surface area contributed by atoms with Crippen molar-refractivity contribution in [3.8, 4) is 89.4 Å². The van der Waals surface area contributed by atoms with Crippen LogP contribution in [0.5, 0.6) is 0 Å². The van der Waals surface area contributed by atoms with Crippen LogP contribution in [-0.4, -0.2) is 19.9 Å². The first-order chi connectivity index (χ1) is 63.4. The molecule has 0 saturated heterocycles. The number of thiophene rings is 4. The SMILES string of the molecule is c1ccc2c(c1)oc1c(-c3ccnc(-c4cccc5c4oc4ccccc45)c3)cccc12.c1ccc2c(c1)oc1c(-c3ccnc(-c4cccc5c4sc4ccccc45)c3)cccc12.c1ccc2c(c1)oc1ccc(-c3cncc(-c4ccc5sc6ccccc6c5c4)c3)cc12.c1ccc2c(c1)sc1c(-c3ccnc(-c4cccc5c4sc4ccccc45)c3)cccc12. The Morgan fingerprint density at radius 1 is 0.172 bits per heavy atom. The molecule has 8 nitrogen and oxygen atoms in total. The molecule has 0 atom stereocenters. The highest BCUT2D eigenvalue weighted by Crippen LogP contribution is 2.48. The third-order valence-corrected chi connectivity index (χ3v) is 29.4. The summed E-state index contributed by atoms with van der Waals surface area (Å²) in [5.74, 6) is 0. The van der Waals surface area contributed by atoms with Gasteiger partial charge in [-0.2, -0.15) is 0 Å². The lowest BCUT2D eigenvalue weighted by molar-refractivity contribution is 0.668. The van der Waals surface area contributed by atoms with Crippen LogP contribution in [0, 0.1) is 0 Å². The highest BCUT2D eigenvalue weighted by molar-refractivity contribution is 7.27. The Balaban J connectivity index is 0.0000000926. The van der Waals surface area contributed by atoms with Gasteiger partial charge in [0.15, 0.2) is 0 Å². The molecule has 28 aromatic rings. The normalized spacial score (nSPS) is 11.8. The number of aromatic nitrogens is 4. The molecule has 0 aliphatic rings. The van der Waals surface area contributed by atoms with Crippen LogP contribution in [0.4, 0.5) is 0 Å². The van der Waals surface area contributed by atoms with Gasteiger partial charge in [0.05, 0.1) is 17.1 Å². The Morgan fingerprint density at radius 3 is 0.938 bits per heavy atom. The molecule has 0 amide bonds. The summed E-state index contributed by atoms with van der Waals surface area (Å²) in [6.07, 6.45) is 9.59. The number of benzene rings is 16. The van der Waals surface area contributed by atoms with Crippen molar-refractivity contribution in [3.63, 3.8) is 0 Å². The van der Waals surface area contributed by atoms with Crippen molar-refractivity contribution < 1.29 is 17.7 Å². The molecule has 12 aromatic heterocycles. The number of rotatable bonds is 8. The second-order valence-electron chi connectivity index (χ2n) is 32.1. The number of hydrogen-bond acceptors (Lipinski definition) is 12. The van der Waals surface area contributed by atoms with Gasteiger partial charge in [-0.1, -0.05) is 261 Å². The van der Waals surface area contributed by atoms with Crippen molar-refractivity contribution in [1.29, 1.82) is 0 Å². The standard InChI is InChI=1S/C29H17NO2.2C29H17NOS.C29H17NS2/c2*1-3-13-26-20(7-1)22-10-5-9-19(28(22)31-26)18-15-16-30-25(17-18)24-12-6-11-23-21-8-2-4-14-27(21)32-29(23)24;1-3-7-26-22(5-1)24-14-18(9-11-27(24)31-26)20-13-21(17-30-16-20)19-10-12-29-25(15-19)23-6-2-4-8-28(23)32-29;1-3-13-26-20(7-1)22-10-5-9-19(28(22)31-26)18-15-16-30-25(17-18)24-12-6-11-23-21-8-2-4-14-27(21)32-29(23)24/h4*1-17H. The predicted molar refractivity (Wildman–Crippen MR) is 541 cm³/mol. The number of fused-ring (bicyclic) bond motifs is 24. The van der Waals surface area contributed by atoms with Crippen LogP contribution in [0.15, 0.2) is 431 Å². The van der Waals surface area contributed by atoms with E-state index in [4.69, 9.17) is 27.6 Å². The number of furan rings is 4. The van der Waals surface area contributed by atoms with Crippen molar-refractivity contribution in [2.24, 2.45) is 0 Å². The maximum Gasteiger partial charge on any atom is 0.144 e. The van der Waals surface area contributed by atoms with Crippen molar-refractivity contribution in [3.05, 3.63) is 413 Å². The summed E-state index contributed by atoms with van der Waals surface area (Å²) >= 11 is 7.40. The third kappa shape index (κ3) is 13.0. The van der Waals surface area contributed by atoms with Gasteiger partial charge in [0.1, 0.15) is 44.7 Å². The smallest absolute Gasteiger partial charge is 0.144 e. The fourth-order valence-corrected chi connectivity index (χ4v) is 23.3. The minimum atomic E-state index is 0.861. The van der Waals surface area contributed by atoms with E-state index in [2.05, 4.69) is 325 Å². The van der Waals surface area contributed by atoms with Gasteiger partial charge in [-0.05, 0) is 155 Å². The molecule has 0 bridgehead atoms. The van der Waals surface area contributed by atoms with Gasteiger partial charge < -0.3 is 17.7 Å². The van der Waals surface area contributed by atoms with Gasteiger partial charge in [-0.3, -0.25) is 19.9 Å². The molecule has 0 saturated carbocycles. The Labute approximate surface area is 748 Å². The zero-order valence-corrected chi connectivity index (χ0v) is 71.6. The first kappa shape index (κ1) is 74.8. The van der Waals surface area contributed by atoms with Gasteiger partial charge in [-0.15, -0.1) is 45.3 Å². The summed E-state index contributed by atoms with van der Waals surface area (Å²) in [7, 11) is 0. The Morgan fingerprint density at radius 2 is 0.477 bits per heavy atom. The van der Waals surface area contributed by atoms with E-state index in [1.54, 1.807) is 0 Å². The Bertz CT molecular complexity index is 8150. The Hall–Kier alpha value is -15.8. The van der Waals surface area contributed by atoms with Gasteiger partial charge in [0, 0.05) is 194 Å². The molecular formula is C116H68N4O4S4. The molecule has 0 aliphatic carbocycles. The summed E-state index contributed by atoms with van der Waals surface area (Å²) in [5, 5.41) is 19.5. The van der Waals surface area contributed by atoms with E-state index in [0.29, 0.717) is 0 Å². The van der Waals surface area contributed by atoms with Gasteiger partial charge in [0.25, 0.3) is 0 Å². The summed E-state index contributed by atoms with van der Waals surface area (Å²) in [5.41, 5.74) is 24.8. The number of para-hydroxylation sites is 7. The zero-order chi connectivity index (χ0) is 84.3. The van der Waals surface area contributed by atoms with Crippen LogP contribution >= 0.6 is 45.3 Å². The second kappa shape index (κ2) is 31.2. The van der Waals surface area contributed by atoms with Gasteiger partial charge in [0.2, 0.25) is 0 Å². The van der Waals surface area contributed by atoms with Crippen LogP contribution in [0.25, 0.3) is 258 Å². The molecule has 128 heavy (non-hydrogen) atoms. The first-order valence-electron chi connectivity index (χ1n) is 42.5. The molecule has 12 heterocycles. The first-order valence-corrected chi connectivity index (χ1v) is 45.8. The van der Waals surface area contributed by atoms with E-state index in [0.717, 1.165) is 149 Å². The van der Waals surface area contributed by atoms with Crippen molar-refractivity contribution in [1.82, 2.24) is 19.9 Å². The van der Waals surface area contributed by atoms with E-state index in [-0.39, 0.29) is 0 Å². The third-order valence-electron chi connectivity index (χ3n) is 24.6. The predicted octanol–water partition coefficient (Wildman–Crippen LogP) is 34.7. The molecule has 0 spiro atoms. The van der Waals surface area contributed by atoms with E-state index >= 15 is 0 Å². The van der Waals surface area contributed by atoms with E-state index in [1.165, 1.54) is 109 Å². The summed E-state index contributed by atoms with van der Waals surface area (Å²) in [4.78, 5) is 18.8. The van der Waals surface area contributed by atoms with Crippen LogP contribution in [0.2, 0.25) is 0 Å². The van der Waals surface area contributed by atoms with Crippen LogP contribution in [0.1, 0.15) is 0 Å². The van der Waals surface area contributed by atoms with E-state index < -0.39 is 0 Å². The van der Waals surface area contributed by atoms with Gasteiger partial charge in [-0.25, -0.2) is 0 Å². The second-order valence-corrected chi connectivity index (χ2v) is 36.3. The van der Waals surface area contributed by atoms with Crippen molar-refractivity contribution >= 4 is 214 Å². The van der Waals surface area contributed by atoms with E-state index in [1.807, 2.05) is 143 Å². The molecule has 12 heteroatoms. The monoisotopic (exact) mass is 1710 g/mol. The van der Waals surface area contributed by atoms with E-state index in [9.17, 15) is 0 Å². The minimum Gasteiger partial charge on any atom is -0.456 e. The fraction of sp³-hybridized carbons (Fsp3) is 0. The molecule has 0 radical (unpaired) electrons. The molecule has 16 aromatic carbocycles. The molecule has 0 N–H and O–H groups in total. The zero-order valence-electron chi connectivity index (χ0n) is 68.3. The van der Waals surface area contributed by atoms with Crippen molar-refractivity contribution in [2.45, 2.75) is 0 Å². The number of pyridine rings is 4. The molecule has 0 fully saturated rings. The quantitative estimate of drug-likeness (QED) is 0.148. The average Bonchev–Trinajstić information content (AvgIpc) is 1.61. The average molecular weight is 1710 g/mol. The lowest BCUT2D eigenvalue weighted by Crippen LogP contribution is -1.86. The molecule has 0 unspecified atom stereocenters. The molecule has 28 rings (SSSR count). The van der Waals surface area contributed by atoms with Crippen LogP contribution in [-0.2, 0) is 0 Å². The summed E-state index contributed by atoms with van der Waals surface area (Å²) < 4.78 is 35.3. The highest BCUT2D eigenvalue weighted by Gasteiger charge is 2.22. The molecular weight excluding hydrogens is 1640 g/mol. The summed E-state index contributed by atoms with van der Waals surface area (Å²) in [6, 6.07) is 134. The molecule has 600 valence electrons. The minimum absolute atomic E-state index is 0.861. The lowest BCUT2D eigenvalue weighted by atomic mass is 9.99. The van der Waals surface area contributed by atoms with Crippen LogP contribution < -0.4 is 0 Å².